The van der Waals surface area contributed by atoms with E-state index >= 15 is 0 Å². The zero-order valence-corrected chi connectivity index (χ0v) is 7.39. The van der Waals surface area contributed by atoms with Crippen molar-refractivity contribution in [3.8, 4) is 0 Å². The first kappa shape index (κ1) is 7.33. The van der Waals surface area contributed by atoms with Crippen molar-refractivity contribution in [1.82, 2.24) is 0 Å². The van der Waals surface area contributed by atoms with Gasteiger partial charge < -0.3 is 0 Å². The van der Waals surface area contributed by atoms with Gasteiger partial charge in [0.25, 0.3) is 0 Å². The second-order valence-electron chi connectivity index (χ2n) is 4.55. The number of hydrogen-bond acceptors (Lipinski definition) is 1. The van der Waals surface area contributed by atoms with E-state index in [9.17, 15) is 4.79 Å². The van der Waals surface area contributed by atoms with Gasteiger partial charge in [-0.2, -0.15) is 0 Å². The summed E-state index contributed by atoms with van der Waals surface area (Å²) < 4.78 is 0. The van der Waals surface area contributed by atoms with Gasteiger partial charge in [-0.15, -0.1) is 0 Å². The summed E-state index contributed by atoms with van der Waals surface area (Å²) in [7, 11) is 0. The quantitative estimate of drug-likeness (QED) is 0.564. The van der Waals surface area contributed by atoms with Gasteiger partial charge in [-0.1, -0.05) is 13.8 Å². The molecule has 0 N–H and O–H groups in total. The van der Waals surface area contributed by atoms with Crippen LogP contribution in [-0.2, 0) is 4.79 Å². The topological polar surface area (TPSA) is 17.1 Å². The van der Waals surface area contributed by atoms with E-state index in [-0.39, 0.29) is 5.41 Å². The van der Waals surface area contributed by atoms with Gasteiger partial charge in [-0.25, -0.2) is 0 Å². The van der Waals surface area contributed by atoms with Crippen molar-refractivity contribution in [3.63, 3.8) is 0 Å². The maximum atomic E-state index is 11.6. The Morgan fingerprint density at radius 1 is 1.55 bits per heavy atom. The molecular formula is C10H16O. The Kier molecular flexibility index (Phi) is 1.39. The molecule has 2 bridgehead atoms. The van der Waals surface area contributed by atoms with Gasteiger partial charge in [0.15, 0.2) is 0 Å². The van der Waals surface area contributed by atoms with E-state index in [1.165, 1.54) is 19.3 Å². The van der Waals surface area contributed by atoms with Crippen LogP contribution in [0, 0.1) is 17.3 Å². The third kappa shape index (κ3) is 0.800. The van der Waals surface area contributed by atoms with Crippen LogP contribution in [-0.4, -0.2) is 5.78 Å². The number of ketones is 1. The molecule has 0 amide bonds. The smallest absolute Gasteiger partial charge is 0.139 e. The third-order valence-corrected chi connectivity index (χ3v) is 3.79. The van der Waals surface area contributed by atoms with Crippen molar-refractivity contribution in [2.24, 2.45) is 17.3 Å². The third-order valence-electron chi connectivity index (χ3n) is 3.79. The molecule has 2 saturated carbocycles. The Labute approximate surface area is 68.2 Å². The predicted molar refractivity (Wildman–Crippen MR) is 44.2 cm³/mol. The molecule has 2 unspecified atom stereocenters. The molecule has 0 aromatic rings. The normalized spacial score (nSPS) is 42.5. The van der Waals surface area contributed by atoms with E-state index < -0.39 is 0 Å². The number of carbonyl (C=O) groups is 1. The van der Waals surface area contributed by atoms with Crippen molar-refractivity contribution >= 4 is 5.78 Å². The SMILES string of the molecule is CC(C)C12CCC(CC1=O)C2. The maximum absolute atomic E-state index is 11.6. The van der Waals surface area contributed by atoms with Gasteiger partial charge in [0.05, 0.1) is 0 Å². The van der Waals surface area contributed by atoms with E-state index in [1.54, 1.807) is 0 Å². The molecule has 0 saturated heterocycles. The molecule has 0 aromatic heterocycles. The fraction of sp³-hybridized carbons (Fsp3) is 0.900. The zero-order valence-electron chi connectivity index (χ0n) is 7.39. The van der Waals surface area contributed by atoms with Crippen molar-refractivity contribution in [3.05, 3.63) is 0 Å². The highest BCUT2D eigenvalue weighted by Crippen LogP contribution is 2.55. The molecule has 1 nitrogen and oxygen atoms in total. The molecule has 2 atom stereocenters. The molecule has 0 aliphatic heterocycles. The lowest BCUT2D eigenvalue weighted by atomic mass is 9.74. The largest absolute Gasteiger partial charge is 0.299 e. The number of hydrogen-bond donors (Lipinski definition) is 0. The van der Waals surface area contributed by atoms with Crippen molar-refractivity contribution in [2.75, 3.05) is 0 Å². The zero-order chi connectivity index (χ0) is 8.06. The fourth-order valence-corrected chi connectivity index (χ4v) is 2.92. The van der Waals surface area contributed by atoms with E-state index in [0.717, 1.165) is 12.3 Å². The maximum Gasteiger partial charge on any atom is 0.139 e. The summed E-state index contributed by atoms with van der Waals surface area (Å²) >= 11 is 0. The highest BCUT2D eigenvalue weighted by molar-refractivity contribution is 5.88. The van der Waals surface area contributed by atoms with Crippen LogP contribution in [0.4, 0.5) is 0 Å². The van der Waals surface area contributed by atoms with Crippen LogP contribution in [0.1, 0.15) is 39.5 Å². The monoisotopic (exact) mass is 152 g/mol. The highest BCUT2D eigenvalue weighted by Gasteiger charge is 2.52. The van der Waals surface area contributed by atoms with Gasteiger partial charge in [0, 0.05) is 11.8 Å². The number of rotatable bonds is 1. The summed E-state index contributed by atoms with van der Waals surface area (Å²) in [5.74, 6) is 1.89. The Morgan fingerprint density at radius 2 is 2.27 bits per heavy atom. The number of Topliss-reactive ketones (excluding diaryl/α,β-unsaturated/α-hetero) is 1. The first-order chi connectivity index (χ1) is 5.15. The van der Waals surface area contributed by atoms with Crippen molar-refractivity contribution < 1.29 is 4.79 Å². The number of carbonyl (C=O) groups excluding carboxylic acids is 1. The number of fused-ring (bicyclic) bond motifs is 2. The average Bonchev–Trinajstić information content (AvgIpc) is 2.43. The molecular weight excluding hydrogens is 136 g/mol. The Bertz CT molecular complexity index is 195. The standard InChI is InChI=1S/C10H16O/c1-7(2)10-4-3-8(6-10)5-9(10)11/h7-8H,3-6H2,1-2H3. The first-order valence-corrected chi connectivity index (χ1v) is 4.68. The van der Waals surface area contributed by atoms with Gasteiger partial charge in [0.2, 0.25) is 0 Å². The van der Waals surface area contributed by atoms with Crippen LogP contribution < -0.4 is 0 Å². The summed E-state index contributed by atoms with van der Waals surface area (Å²) in [6.45, 7) is 4.40. The van der Waals surface area contributed by atoms with Crippen LogP contribution >= 0.6 is 0 Å². The molecule has 0 radical (unpaired) electrons. The molecule has 2 fully saturated rings. The van der Waals surface area contributed by atoms with E-state index in [0.29, 0.717) is 11.7 Å². The van der Waals surface area contributed by atoms with Crippen molar-refractivity contribution in [2.45, 2.75) is 39.5 Å². The summed E-state index contributed by atoms with van der Waals surface area (Å²) in [6.07, 6.45) is 4.57. The van der Waals surface area contributed by atoms with E-state index in [2.05, 4.69) is 13.8 Å². The highest BCUT2D eigenvalue weighted by atomic mass is 16.1. The minimum atomic E-state index is 0.130. The molecule has 0 aromatic carbocycles. The predicted octanol–water partition coefficient (Wildman–Crippen LogP) is 2.40. The lowest BCUT2D eigenvalue weighted by Gasteiger charge is -2.29. The van der Waals surface area contributed by atoms with E-state index in [1.807, 2.05) is 0 Å². The van der Waals surface area contributed by atoms with Crippen LogP contribution in [0.15, 0.2) is 0 Å². The molecule has 2 aliphatic carbocycles. The average molecular weight is 152 g/mol. The minimum Gasteiger partial charge on any atom is -0.299 e. The Hall–Kier alpha value is -0.330. The Morgan fingerprint density at radius 3 is 2.55 bits per heavy atom. The Balaban J connectivity index is 2.29. The molecule has 2 rings (SSSR count). The fourth-order valence-electron chi connectivity index (χ4n) is 2.92. The molecule has 62 valence electrons. The second kappa shape index (κ2) is 2.09. The first-order valence-electron chi connectivity index (χ1n) is 4.68. The lowest BCUT2D eigenvalue weighted by Crippen LogP contribution is -2.30. The summed E-state index contributed by atoms with van der Waals surface area (Å²) in [5, 5.41) is 0. The van der Waals surface area contributed by atoms with E-state index in [4.69, 9.17) is 0 Å². The van der Waals surface area contributed by atoms with Crippen LogP contribution in [0.5, 0.6) is 0 Å². The van der Waals surface area contributed by atoms with Crippen molar-refractivity contribution in [1.29, 1.82) is 0 Å². The van der Waals surface area contributed by atoms with Crippen LogP contribution in [0.2, 0.25) is 0 Å². The summed E-state index contributed by atoms with van der Waals surface area (Å²) in [4.78, 5) is 11.6. The van der Waals surface area contributed by atoms with Gasteiger partial charge in [-0.05, 0) is 31.1 Å². The second-order valence-corrected chi connectivity index (χ2v) is 4.55. The minimum absolute atomic E-state index is 0.130. The molecule has 2 aliphatic rings. The van der Waals surface area contributed by atoms with Crippen LogP contribution in [0.3, 0.4) is 0 Å². The van der Waals surface area contributed by atoms with Crippen LogP contribution in [0.25, 0.3) is 0 Å². The molecule has 11 heavy (non-hydrogen) atoms. The van der Waals surface area contributed by atoms with Gasteiger partial charge in [-0.3, -0.25) is 4.79 Å². The van der Waals surface area contributed by atoms with Gasteiger partial charge in [0.1, 0.15) is 5.78 Å². The molecule has 1 heteroatoms. The summed E-state index contributed by atoms with van der Waals surface area (Å²) in [5.41, 5.74) is 0.130. The lowest BCUT2D eigenvalue weighted by molar-refractivity contribution is -0.129. The van der Waals surface area contributed by atoms with Gasteiger partial charge >= 0.3 is 0 Å². The molecule has 0 heterocycles. The summed E-state index contributed by atoms with van der Waals surface area (Å²) in [6, 6.07) is 0. The molecule has 0 spiro atoms.